The molecule has 4 nitrogen and oxygen atoms in total. The van der Waals surface area contributed by atoms with Crippen molar-refractivity contribution in [1.29, 1.82) is 0 Å². The highest BCUT2D eigenvalue weighted by Gasteiger charge is 2.53. The minimum absolute atomic E-state index is 0.0138. The second-order valence-electron chi connectivity index (χ2n) is 5.48. The van der Waals surface area contributed by atoms with Gasteiger partial charge in [0.2, 0.25) is 5.91 Å². The van der Waals surface area contributed by atoms with Crippen LogP contribution in [0.4, 0.5) is 4.79 Å². The van der Waals surface area contributed by atoms with Crippen molar-refractivity contribution < 1.29 is 9.59 Å². The predicted octanol–water partition coefficient (Wildman–Crippen LogP) is 1.56. The lowest BCUT2D eigenvalue weighted by atomic mass is 9.72. The average molecular weight is 212 g/mol. The van der Waals surface area contributed by atoms with Crippen LogP contribution in [0.1, 0.15) is 27.7 Å². The molecule has 1 aliphatic rings. The lowest BCUT2D eigenvalue weighted by Gasteiger charge is -2.51. The normalized spacial score (nSPS) is 26.3. The predicted molar refractivity (Wildman–Crippen MR) is 58.3 cm³/mol. The van der Waals surface area contributed by atoms with E-state index in [4.69, 9.17) is 0 Å². The molecule has 0 spiro atoms. The van der Waals surface area contributed by atoms with Gasteiger partial charge < -0.3 is 4.90 Å². The molecule has 3 amide bonds. The monoisotopic (exact) mass is 212 g/mol. The van der Waals surface area contributed by atoms with Gasteiger partial charge in [-0.1, -0.05) is 27.7 Å². The van der Waals surface area contributed by atoms with Gasteiger partial charge in [0.1, 0.15) is 0 Å². The van der Waals surface area contributed by atoms with Gasteiger partial charge in [0, 0.05) is 14.1 Å². The van der Waals surface area contributed by atoms with Crippen molar-refractivity contribution in [2.75, 3.05) is 14.1 Å². The smallest absolute Gasteiger partial charge is 0.326 e. The van der Waals surface area contributed by atoms with E-state index in [1.807, 2.05) is 6.92 Å². The molecule has 1 aliphatic heterocycles. The van der Waals surface area contributed by atoms with Crippen molar-refractivity contribution in [3.63, 3.8) is 0 Å². The molecule has 0 aromatic carbocycles. The molecule has 86 valence electrons. The van der Waals surface area contributed by atoms with E-state index in [1.165, 1.54) is 9.80 Å². The average Bonchev–Trinajstić information content (AvgIpc) is 2.09. The Kier molecular flexibility index (Phi) is 2.81. The molecule has 0 bridgehead atoms. The van der Waals surface area contributed by atoms with Crippen LogP contribution in [0, 0.1) is 11.3 Å². The Balaban J connectivity index is 2.90. The highest BCUT2D eigenvalue weighted by atomic mass is 16.2. The van der Waals surface area contributed by atoms with Crippen LogP contribution in [-0.2, 0) is 4.79 Å². The van der Waals surface area contributed by atoms with E-state index in [0.717, 1.165) is 0 Å². The first-order valence-corrected chi connectivity index (χ1v) is 5.22. The van der Waals surface area contributed by atoms with Gasteiger partial charge in [-0.2, -0.15) is 0 Å². The van der Waals surface area contributed by atoms with Gasteiger partial charge in [-0.25, -0.2) is 4.79 Å². The molecule has 0 saturated carbocycles. The van der Waals surface area contributed by atoms with Crippen molar-refractivity contribution >= 4 is 11.9 Å². The number of carbonyl (C=O) groups excluding carboxylic acids is 2. The van der Waals surface area contributed by atoms with Crippen LogP contribution in [0.2, 0.25) is 0 Å². The summed E-state index contributed by atoms with van der Waals surface area (Å²) in [7, 11) is 3.33. The molecule has 0 radical (unpaired) electrons. The number of hydrogen-bond acceptors (Lipinski definition) is 2. The summed E-state index contributed by atoms with van der Waals surface area (Å²) >= 11 is 0. The van der Waals surface area contributed by atoms with E-state index in [2.05, 4.69) is 20.8 Å². The zero-order chi connectivity index (χ0) is 12.0. The number of rotatable bonds is 0. The first-order chi connectivity index (χ1) is 6.68. The molecule has 0 aromatic rings. The molecular weight excluding hydrogens is 192 g/mol. The van der Waals surface area contributed by atoms with Gasteiger partial charge in [0.05, 0.1) is 12.0 Å². The Hall–Kier alpha value is -1.06. The SMILES string of the molecule is CC1C(=O)N(C(=O)N(C)C)C1C(C)(C)C. The van der Waals surface area contributed by atoms with Gasteiger partial charge in [-0.05, 0) is 5.41 Å². The minimum atomic E-state index is -0.210. The number of imide groups is 1. The fourth-order valence-corrected chi connectivity index (χ4v) is 2.20. The van der Waals surface area contributed by atoms with Crippen LogP contribution >= 0.6 is 0 Å². The third-order valence-corrected chi connectivity index (χ3v) is 2.85. The molecule has 1 heterocycles. The summed E-state index contributed by atoms with van der Waals surface area (Å²) in [6, 6.07) is -0.196. The van der Waals surface area contributed by atoms with Gasteiger partial charge in [0.25, 0.3) is 0 Å². The number of carbonyl (C=O) groups is 2. The van der Waals surface area contributed by atoms with Crippen molar-refractivity contribution in [3.05, 3.63) is 0 Å². The van der Waals surface area contributed by atoms with Crippen molar-refractivity contribution in [2.45, 2.75) is 33.7 Å². The Labute approximate surface area is 91.2 Å². The number of likely N-dealkylation sites (tertiary alicyclic amines) is 1. The number of hydrogen-bond donors (Lipinski definition) is 0. The summed E-state index contributed by atoms with van der Waals surface area (Å²) < 4.78 is 0. The quantitative estimate of drug-likeness (QED) is 0.572. The molecule has 1 fully saturated rings. The van der Waals surface area contributed by atoms with Gasteiger partial charge in [-0.3, -0.25) is 9.69 Å². The Bertz CT molecular complexity index is 291. The van der Waals surface area contributed by atoms with Crippen LogP contribution in [0.5, 0.6) is 0 Å². The summed E-state index contributed by atoms with van der Waals surface area (Å²) in [5, 5.41) is 0. The zero-order valence-corrected chi connectivity index (χ0v) is 10.4. The summed E-state index contributed by atoms with van der Waals surface area (Å²) in [6.45, 7) is 8.04. The Morgan fingerprint density at radius 1 is 1.33 bits per heavy atom. The fourth-order valence-electron chi connectivity index (χ4n) is 2.20. The highest BCUT2D eigenvalue weighted by Crippen LogP contribution is 2.39. The van der Waals surface area contributed by atoms with E-state index in [9.17, 15) is 9.59 Å². The lowest BCUT2D eigenvalue weighted by molar-refractivity contribution is -0.156. The molecule has 1 rings (SSSR count). The summed E-state index contributed by atoms with van der Waals surface area (Å²) in [5.74, 6) is -0.109. The molecule has 2 atom stereocenters. The van der Waals surface area contributed by atoms with Crippen molar-refractivity contribution in [3.8, 4) is 0 Å². The molecule has 0 N–H and O–H groups in total. The van der Waals surface area contributed by atoms with Gasteiger partial charge in [-0.15, -0.1) is 0 Å². The maximum Gasteiger partial charge on any atom is 0.326 e. The third-order valence-electron chi connectivity index (χ3n) is 2.85. The van der Waals surface area contributed by atoms with Crippen LogP contribution in [-0.4, -0.2) is 41.9 Å². The van der Waals surface area contributed by atoms with E-state index < -0.39 is 0 Å². The largest absolute Gasteiger partial charge is 0.330 e. The van der Waals surface area contributed by atoms with E-state index >= 15 is 0 Å². The fraction of sp³-hybridized carbons (Fsp3) is 0.818. The molecule has 15 heavy (non-hydrogen) atoms. The van der Waals surface area contributed by atoms with Crippen LogP contribution in [0.25, 0.3) is 0 Å². The number of urea groups is 1. The number of nitrogens with zero attached hydrogens (tertiary/aromatic N) is 2. The number of amides is 3. The Morgan fingerprint density at radius 3 is 2.13 bits per heavy atom. The van der Waals surface area contributed by atoms with Crippen molar-refractivity contribution in [2.24, 2.45) is 11.3 Å². The summed E-state index contributed by atoms with van der Waals surface area (Å²) in [6.07, 6.45) is 0. The van der Waals surface area contributed by atoms with Crippen molar-refractivity contribution in [1.82, 2.24) is 9.80 Å². The maximum absolute atomic E-state index is 11.8. The molecule has 0 aromatic heterocycles. The lowest BCUT2D eigenvalue weighted by Crippen LogP contribution is -2.68. The van der Waals surface area contributed by atoms with E-state index in [-0.39, 0.29) is 29.3 Å². The van der Waals surface area contributed by atoms with E-state index in [1.54, 1.807) is 14.1 Å². The number of β-lactam (4-membered cyclic amide) rings is 1. The van der Waals surface area contributed by atoms with Crippen LogP contribution in [0.3, 0.4) is 0 Å². The second kappa shape index (κ2) is 3.51. The molecular formula is C11H20N2O2. The summed E-state index contributed by atoms with van der Waals surface area (Å²) in [4.78, 5) is 26.2. The zero-order valence-electron chi connectivity index (χ0n) is 10.4. The molecule has 0 aliphatic carbocycles. The molecule has 2 unspecified atom stereocenters. The van der Waals surface area contributed by atoms with Gasteiger partial charge >= 0.3 is 6.03 Å². The minimum Gasteiger partial charge on any atom is -0.330 e. The van der Waals surface area contributed by atoms with Crippen LogP contribution in [0.15, 0.2) is 0 Å². The highest BCUT2D eigenvalue weighted by molar-refractivity contribution is 6.01. The maximum atomic E-state index is 11.8. The first-order valence-electron chi connectivity index (χ1n) is 5.22. The van der Waals surface area contributed by atoms with Crippen LogP contribution < -0.4 is 0 Å². The molecule has 4 heteroatoms. The summed E-state index contributed by atoms with van der Waals surface area (Å²) in [5.41, 5.74) is -0.0566. The van der Waals surface area contributed by atoms with Gasteiger partial charge in [0.15, 0.2) is 0 Å². The standard InChI is InChI=1S/C11H20N2O2/c1-7-8(11(2,3)4)13(9(7)14)10(15)12(5)6/h7-8H,1-6H3. The topological polar surface area (TPSA) is 40.6 Å². The first kappa shape index (κ1) is 12.0. The Morgan fingerprint density at radius 2 is 1.80 bits per heavy atom. The van der Waals surface area contributed by atoms with E-state index in [0.29, 0.717) is 0 Å². The second-order valence-corrected chi connectivity index (χ2v) is 5.48. The third kappa shape index (κ3) is 1.85. The molecule has 1 saturated heterocycles.